The zero-order valence-electron chi connectivity index (χ0n) is 18.4. The molecule has 2 aliphatic heterocycles. The van der Waals surface area contributed by atoms with Crippen molar-refractivity contribution in [2.45, 2.75) is 38.9 Å². The van der Waals surface area contributed by atoms with Crippen LogP contribution in [0, 0.1) is 6.92 Å². The van der Waals surface area contributed by atoms with Gasteiger partial charge in [0, 0.05) is 48.9 Å². The fraction of sp³-hybridized carbons (Fsp3) is 0.458. The van der Waals surface area contributed by atoms with Crippen molar-refractivity contribution < 1.29 is 9.47 Å². The van der Waals surface area contributed by atoms with Crippen LogP contribution in [0.4, 0.5) is 0 Å². The minimum atomic E-state index is 0.0130. The van der Waals surface area contributed by atoms with E-state index in [1.165, 1.54) is 0 Å². The van der Waals surface area contributed by atoms with Gasteiger partial charge in [0.2, 0.25) is 0 Å². The first kappa shape index (κ1) is 20.9. The zero-order valence-corrected chi connectivity index (χ0v) is 18.4. The molecule has 0 amide bonds. The summed E-state index contributed by atoms with van der Waals surface area (Å²) in [4.78, 5) is 24.0. The molecule has 1 N–H and O–H groups in total. The summed E-state index contributed by atoms with van der Waals surface area (Å²) in [6.45, 7) is 7.38. The molecular formula is C24H29N5O3. The van der Waals surface area contributed by atoms with Crippen molar-refractivity contribution in [2.75, 3.05) is 32.8 Å². The second-order valence-electron chi connectivity index (χ2n) is 8.50. The van der Waals surface area contributed by atoms with Crippen LogP contribution < -0.4 is 20.3 Å². The Morgan fingerprint density at radius 1 is 1.06 bits per heavy atom. The highest BCUT2D eigenvalue weighted by Gasteiger charge is 2.20. The molecule has 0 aromatic carbocycles. The van der Waals surface area contributed by atoms with Gasteiger partial charge in [-0.05, 0) is 51.1 Å². The van der Waals surface area contributed by atoms with Crippen LogP contribution in [-0.2, 0) is 13.1 Å². The van der Waals surface area contributed by atoms with Crippen molar-refractivity contribution in [3.63, 3.8) is 0 Å². The number of ether oxygens (including phenoxy) is 2. The minimum Gasteiger partial charge on any atom is -0.486 e. The second-order valence-corrected chi connectivity index (χ2v) is 8.50. The fourth-order valence-corrected chi connectivity index (χ4v) is 4.41. The molecule has 0 saturated carbocycles. The molecule has 0 unspecified atom stereocenters. The normalized spacial score (nSPS) is 17.0. The lowest BCUT2D eigenvalue weighted by Crippen LogP contribution is -2.43. The van der Waals surface area contributed by atoms with E-state index in [0.29, 0.717) is 25.8 Å². The van der Waals surface area contributed by atoms with E-state index in [1.54, 1.807) is 16.8 Å². The quantitative estimate of drug-likeness (QED) is 0.635. The Kier molecular flexibility index (Phi) is 6.05. The van der Waals surface area contributed by atoms with Gasteiger partial charge in [0.05, 0.1) is 11.9 Å². The van der Waals surface area contributed by atoms with E-state index in [2.05, 4.69) is 20.2 Å². The van der Waals surface area contributed by atoms with Crippen molar-refractivity contribution in [3.8, 4) is 11.5 Å². The number of nitrogens with one attached hydrogen (secondary N) is 1. The largest absolute Gasteiger partial charge is 0.486 e. The summed E-state index contributed by atoms with van der Waals surface area (Å²) >= 11 is 0. The lowest BCUT2D eigenvalue weighted by Gasteiger charge is -2.32. The first-order chi connectivity index (χ1) is 15.7. The molecule has 1 fully saturated rings. The van der Waals surface area contributed by atoms with Crippen molar-refractivity contribution in [2.24, 2.45) is 0 Å². The number of hydrogen-bond donors (Lipinski definition) is 1. The topological polar surface area (TPSA) is 81.5 Å². The molecule has 168 valence electrons. The molecule has 0 radical (unpaired) electrons. The Bertz CT molecular complexity index is 1150. The second kappa shape index (κ2) is 9.26. The van der Waals surface area contributed by atoms with E-state index >= 15 is 0 Å². The molecule has 32 heavy (non-hydrogen) atoms. The summed E-state index contributed by atoms with van der Waals surface area (Å²) in [5.74, 6) is 1.51. The summed E-state index contributed by atoms with van der Waals surface area (Å²) in [7, 11) is 0. The third-order valence-electron chi connectivity index (χ3n) is 6.26. The lowest BCUT2D eigenvalue weighted by molar-refractivity contribution is 0.170. The van der Waals surface area contributed by atoms with E-state index in [0.717, 1.165) is 72.9 Å². The molecule has 5 heterocycles. The molecule has 2 aliphatic rings. The standard InChI is InChI=1S/C24H29N5O3/c1-17-2-3-18-4-5-23(30)29(24(18)27-17)11-10-28-8-6-19(7-9-28)25-15-20-14-21-22(16-26-20)32-13-12-31-21/h2-5,14,16,19,25H,6-13,15H2,1H3. The number of pyridine rings is 3. The van der Waals surface area contributed by atoms with E-state index in [4.69, 9.17) is 9.47 Å². The summed E-state index contributed by atoms with van der Waals surface area (Å²) in [6, 6.07) is 9.94. The summed E-state index contributed by atoms with van der Waals surface area (Å²) in [5, 5.41) is 4.63. The average Bonchev–Trinajstić information content (AvgIpc) is 2.82. The van der Waals surface area contributed by atoms with Crippen LogP contribution in [0.2, 0.25) is 0 Å². The Labute approximate surface area is 187 Å². The summed E-state index contributed by atoms with van der Waals surface area (Å²) < 4.78 is 13.0. The van der Waals surface area contributed by atoms with Crippen molar-refractivity contribution >= 4 is 11.0 Å². The van der Waals surface area contributed by atoms with E-state index in [1.807, 2.05) is 31.2 Å². The molecule has 0 bridgehead atoms. The van der Waals surface area contributed by atoms with Crippen molar-refractivity contribution in [3.05, 3.63) is 58.3 Å². The van der Waals surface area contributed by atoms with Crippen LogP contribution in [0.15, 0.2) is 41.3 Å². The zero-order chi connectivity index (χ0) is 21.9. The molecule has 5 rings (SSSR count). The molecule has 8 heteroatoms. The van der Waals surface area contributed by atoms with Crippen molar-refractivity contribution in [1.82, 2.24) is 24.8 Å². The van der Waals surface area contributed by atoms with Crippen LogP contribution in [0.5, 0.6) is 11.5 Å². The van der Waals surface area contributed by atoms with Gasteiger partial charge in [0.1, 0.15) is 18.9 Å². The molecule has 3 aromatic heterocycles. The third kappa shape index (κ3) is 4.61. The molecule has 3 aromatic rings. The Hall–Kier alpha value is -2.97. The number of fused-ring (bicyclic) bond motifs is 2. The van der Waals surface area contributed by atoms with Crippen LogP contribution in [0.25, 0.3) is 11.0 Å². The van der Waals surface area contributed by atoms with Gasteiger partial charge in [0.25, 0.3) is 5.56 Å². The predicted octanol–water partition coefficient (Wildman–Crippen LogP) is 2.13. The van der Waals surface area contributed by atoms with Gasteiger partial charge in [0.15, 0.2) is 11.5 Å². The number of nitrogens with zero attached hydrogens (tertiary/aromatic N) is 4. The van der Waals surface area contributed by atoms with Gasteiger partial charge < -0.3 is 19.7 Å². The Morgan fingerprint density at radius 3 is 2.69 bits per heavy atom. The van der Waals surface area contributed by atoms with Gasteiger partial charge in [-0.25, -0.2) is 4.98 Å². The first-order valence-corrected chi connectivity index (χ1v) is 11.3. The highest BCUT2D eigenvalue weighted by molar-refractivity contribution is 5.74. The van der Waals surface area contributed by atoms with E-state index < -0.39 is 0 Å². The van der Waals surface area contributed by atoms with Gasteiger partial charge in [-0.2, -0.15) is 0 Å². The maximum atomic E-state index is 12.5. The van der Waals surface area contributed by atoms with Crippen LogP contribution >= 0.6 is 0 Å². The van der Waals surface area contributed by atoms with Crippen LogP contribution in [0.1, 0.15) is 24.2 Å². The predicted molar refractivity (Wildman–Crippen MR) is 122 cm³/mol. The van der Waals surface area contributed by atoms with Gasteiger partial charge in [-0.1, -0.05) is 0 Å². The van der Waals surface area contributed by atoms with E-state index in [9.17, 15) is 4.79 Å². The number of hydrogen-bond acceptors (Lipinski definition) is 7. The summed E-state index contributed by atoms with van der Waals surface area (Å²) in [6.07, 6.45) is 3.90. The third-order valence-corrected chi connectivity index (χ3v) is 6.26. The molecule has 8 nitrogen and oxygen atoms in total. The number of piperidine rings is 1. The SMILES string of the molecule is Cc1ccc2ccc(=O)n(CCN3CCC(NCc4cc5c(cn4)OCCO5)CC3)c2n1. The Balaban J connectivity index is 1.13. The molecule has 0 atom stereocenters. The fourth-order valence-electron chi connectivity index (χ4n) is 4.41. The highest BCUT2D eigenvalue weighted by atomic mass is 16.6. The van der Waals surface area contributed by atoms with Crippen LogP contribution in [-0.4, -0.2) is 58.3 Å². The first-order valence-electron chi connectivity index (χ1n) is 11.3. The smallest absolute Gasteiger partial charge is 0.252 e. The highest BCUT2D eigenvalue weighted by Crippen LogP contribution is 2.29. The van der Waals surface area contributed by atoms with E-state index in [-0.39, 0.29) is 5.56 Å². The number of aryl methyl sites for hydroxylation is 1. The van der Waals surface area contributed by atoms with Gasteiger partial charge in [-0.15, -0.1) is 0 Å². The molecule has 0 aliphatic carbocycles. The molecule has 1 saturated heterocycles. The minimum absolute atomic E-state index is 0.0130. The van der Waals surface area contributed by atoms with Crippen LogP contribution in [0.3, 0.4) is 0 Å². The van der Waals surface area contributed by atoms with Gasteiger partial charge in [-0.3, -0.25) is 14.3 Å². The number of rotatable bonds is 6. The maximum absolute atomic E-state index is 12.5. The monoisotopic (exact) mass is 435 g/mol. The Morgan fingerprint density at radius 2 is 1.84 bits per heavy atom. The lowest BCUT2D eigenvalue weighted by atomic mass is 10.0. The number of likely N-dealkylation sites (tertiary alicyclic amines) is 1. The average molecular weight is 436 g/mol. The van der Waals surface area contributed by atoms with Crippen molar-refractivity contribution in [1.29, 1.82) is 0 Å². The maximum Gasteiger partial charge on any atom is 0.252 e. The van der Waals surface area contributed by atoms with Gasteiger partial charge >= 0.3 is 0 Å². The summed E-state index contributed by atoms with van der Waals surface area (Å²) in [5.41, 5.74) is 2.69. The molecule has 0 spiro atoms. The molecular weight excluding hydrogens is 406 g/mol. The number of aromatic nitrogens is 3.